The number of halogens is 1. The molecule has 2 aromatic rings. The fraction of sp³-hybridized carbons (Fsp3) is 0.333. The summed E-state index contributed by atoms with van der Waals surface area (Å²) in [5.74, 6) is -0.893. The lowest BCUT2D eigenvalue weighted by Gasteiger charge is -2.40. The lowest BCUT2D eigenvalue weighted by Crippen LogP contribution is -2.54. The highest BCUT2D eigenvalue weighted by atomic mass is 19.1. The monoisotopic (exact) mass is 426 g/mol. The number of aromatic carboxylic acids is 1. The number of benzene rings is 2. The van der Waals surface area contributed by atoms with Crippen molar-refractivity contribution in [2.45, 2.75) is 26.0 Å². The molecule has 164 valence electrons. The Morgan fingerprint density at radius 1 is 1.26 bits per heavy atom. The van der Waals surface area contributed by atoms with Gasteiger partial charge in [0.1, 0.15) is 17.7 Å². The average molecular weight is 426 g/mol. The molecule has 0 radical (unpaired) electrons. The van der Waals surface area contributed by atoms with Gasteiger partial charge in [-0.1, -0.05) is 18.7 Å². The summed E-state index contributed by atoms with van der Waals surface area (Å²) in [5, 5.41) is 9.09. The quantitative estimate of drug-likeness (QED) is 0.684. The summed E-state index contributed by atoms with van der Waals surface area (Å²) in [6.45, 7) is 9.65. The first-order valence-electron chi connectivity index (χ1n) is 10.2. The molecule has 2 aromatic carbocycles. The van der Waals surface area contributed by atoms with Crippen molar-refractivity contribution in [3.63, 3.8) is 0 Å². The molecule has 0 bridgehead atoms. The first kappa shape index (κ1) is 22.5. The van der Waals surface area contributed by atoms with E-state index in [2.05, 4.69) is 11.5 Å². The number of amides is 1. The third kappa shape index (κ3) is 5.49. The third-order valence-electron chi connectivity index (χ3n) is 5.54. The van der Waals surface area contributed by atoms with Crippen molar-refractivity contribution in [2.24, 2.45) is 0 Å². The first-order chi connectivity index (χ1) is 14.8. The van der Waals surface area contributed by atoms with Gasteiger partial charge in [0.05, 0.1) is 5.56 Å². The van der Waals surface area contributed by atoms with Gasteiger partial charge in [-0.2, -0.15) is 0 Å². The van der Waals surface area contributed by atoms with Crippen molar-refractivity contribution < 1.29 is 23.8 Å². The van der Waals surface area contributed by atoms with Gasteiger partial charge in [0.2, 0.25) is 5.91 Å². The van der Waals surface area contributed by atoms with Gasteiger partial charge in [-0.05, 0) is 61.4 Å². The van der Waals surface area contributed by atoms with Crippen LogP contribution in [0.1, 0.15) is 34.5 Å². The van der Waals surface area contributed by atoms with E-state index < -0.39 is 12.1 Å². The topological polar surface area (TPSA) is 70.1 Å². The van der Waals surface area contributed by atoms with Crippen LogP contribution in [0.5, 0.6) is 5.75 Å². The van der Waals surface area contributed by atoms with Crippen LogP contribution in [0, 0.1) is 12.7 Å². The summed E-state index contributed by atoms with van der Waals surface area (Å²) in [4.78, 5) is 27.1. The Bertz CT molecular complexity index is 961. The van der Waals surface area contributed by atoms with E-state index in [1.807, 2.05) is 13.0 Å². The second-order valence-corrected chi connectivity index (χ2v) is 7.79. The maximum atomic E-state index is 14.3. The van der Waals surface area contributed by atoms with Crippen molar-refractivity contribution in [3.05, 3.63) is 77.6 Å². The summed E-state index contributed by atoms with van der Waals surface area (Å²) >= 11 is 0. The van der Waals surface area contributed by atoms with Crippen molar-refractivity contribution in [3.8, 4) is 5.75 Å². The van der Waals surface area contributed by atoms with Gasteiger partial charge in [-0.25, -0.2) is 9.18 Å². The highest BCUT2D eigenvalue weighted by molar-refractivity contribution is 5.87. The van der Waals surface area contributed by atoms with E-state index in [1.54, 1.807) is 30.0 Å². The highest BCUT2D eigenvalue weighted by Gasteiger charge is 2.28. The molecule has 1 aliphatic heterocycles. The Hall–Kier alpha value is -3.19. The molecule has 1 fully saturated rings. The zero-order valence-corrected chi connectivity index (χ0v) is 17.8. The van der Waals surface area contributed by atoms with Crippen LogP contribution in [0.3, 0.4) is 0 Å². The van der Waals surface area contributed by atoms with Crippen molar-refractivity contribution in [1.29, 1.82) is 0 Å². The minimum Gasteiger partial charge on any atom is -0.484 e. The molecule has 31 heavy (non-hydrogen) atoms. The average Bonchev–Trinajstić information content (AvgIpc) is 2.75. The number of nitrogens with zero attached hydrogens (tertiary/aromatic N) is 2. The zero-order chi connectivity index (χ0) is 22.5. The van der Waals surface area contributed by atoms with Crippen molar-refractivity contribution in [1.82, 2.24) is 9.80 Å². The summed E-state index contributed by atoms with van der Waals surface area (Å²) in [6.07, 6.45) is 0.869. The number of hydrogen-bond acceptors (Lipinski definition) is 4. The predicted molar refractivity (Wildman–Crippen MR) is 116 cm³/mol. The van der Waals surface area contributed by atoms with E-state index in [-0.39, 0.29) is 23.3 Å². The lowest BCUT2D eigenvalue weighted by molar-refractivity contribution is -0.130. The van der Waals surface area contributed by atoms with Crippen molar-refractivity contribution >= 4 is 11.9 Å². The standard InChI is InChI=1S/C24H27FN2O4/c1-4-23(28)27-12-11-26(14-17(27)3)15-22(19-6-5-16(2)21(25)13-19)31-20-9-7-18(8-10-20)24(29)30/h4-10,13,17,22H,1,11-12,14-15H2,2-3H3,(H,29,30)/t17-,22-/m1/s1. The van der Waals surface area contributed by atoms with Crippen molar-refractivity contribution in [2.75, 3.05) is 26.2 Å². The van der Waals surface area contributed by atoms with Gasteiger partial charge in [-0.15, -0.1) is 0 Å². The maximum Gasteiger partial charge on any atom is 0.335 e. The van der Waals surface area contributed by atoms with E-state index in [0.717, 1.165) is 0 Å². The number of carboxylic acids is 1. The van der Waals surface area contributed by atoms with Gasteiger partial charge in [0, 0.05) is 32.2 Å². The van der Waals surface area contributed by atoms with E-state index in [9.17, 15) is 14.0 Å². The van der Waals surface area contributed by atoms with Crippen LogP contribution >= 0.6 is 0 Å². The molecular weight excluding hydrogens is 399 g/mol. The summed E-state index contributed by atoms with van der Waals surface area (Å²) in [5.41, 5.74) is 1.42. The molecule has 1 amide bonds. The van der Waals surface area contributed by atoms with Crippen LogP contribution in [0.4, 0.5) is 4.39 Å². The van der Waals surface area contributed by atoms with Gasteiger partial charge in [0.25, 0.3) is 0 Å². The van der Waals surface area contributed by atoms with E-state index in [4.69, 9.17) is 9.84 Å². The number of carbonyl (C=O) groups is 2. The molecular formula is C24H27FN2O4. The van der Waals surface area contributed by atoms with E-state index in [1.165, 1.54) is 24.3 Å². The largest absolute Gasteiger partial charge is 0.484 e. The minimum absolute atomic E-state index is 0.0181. The van der Waals surface area contributed by atoms with Gasteiger partial charge in [-0.3, -0.25) is 9.69 Å². The van der Waals surface area contributed by atoms with Crippen LogP contribution in [0.2, 0.25) is 0 Å². The van der Waals surface area contributed by atoms with E-state index in [0.29, 0.717) is 43.1 Å². The molecule has 0 aliphatic carbocycles. The number of carbonyl (C=O) groups excluding carboxylic acids is 1. The molecule has 7 heteroatoms. The SMILES string of the molecule is C=CC(=O)N1CCN(C[C@@H](Oc2ccc(C(=O)O)cc2)c2ccc(C)c(F)c2)C[C@H]1C. The van der Waals surface area contributed by atoms with Gasteiger partial charge in [0.15, 0.2) is 0 Å². The van der Waals surface area contributed by atoms with Crippen LogP contribution in [0.15, 0.2) is 55.1 Å². The molecule has 1 saturated heterocycles. The number of hydrogen-bond donors (Lipinski definition) is 1. The number of carboxylic acid groups (broad SMARTS) is 1. The fourth-order valence-electron chi connectivity index (χ4n) is 3.74. The van der Waals surface area contributed by atoms with Crippen LogP contribution < -0.4 is 4.74 Å². The Balaban J connectivity index is 1.79. The molecule has 0 saturated carbocycles. The number of ether oxygens (including phenoxy) is 1. The first-order valence-corrected chi connectivity index (χ1v) is 10.2. The Morgan fingerprint density at radius 3 is 2.55 bits per heavy atom. The molecule has 0 spiro atoms. The Labute approximate surface area is 181 Å². The molecule has 2 atom stereocenters. The molecule has 0 aromatic heterocycles. The minimum atomic E-state index is -1.01. The smallest absolute Gasteiger partial charge is 0.335 e. The lowest BCUT2D eigenvalue weighted by atomic mass is 10.0. The Morgan fingerprint density at radius 2 is 1.97 bits per heavy atom. The molecule has 6 nitrogen and oxygen atoms in total. The maximum absolute atomic E-state index is 14.3. The fourth-order valence-corrected chi connectivity index (χ4v) is 3.74. The predicted octanol–water partition coefficient (Wildman–Crippen LogP) is 3.67. The van der Waals surface area contributed by atoms with E-state index >= 15 is 0 Å². The van der Waals surface area contributed by atoms with Crippen LogP contribution in [-0.4, -0.2) is 59.0 Å². The third-order valence-corrected chi connectivity index (χ3v) is 5.54. The molecule has 1 heterocycles. The molecule has 1 aliphatic rings. The number of rotatable bonds is 7. The second-order valence-electron chi connectivity index (χ2n) is 7.79. The number of piperazine rings is 1. The van der Waals surface area contributed by atoms with Crippen LogP contribution in [-0.2, 0) is 4.79 Å². The Kier molecular flexibility index (Phi) is 7.07. The summed E-state index contributed by atoms with van der Waals surface area (Å²) in [6, 6.07) is 11.2. The zero-order valence-electron chi connectivity index (χ0n) is 17.8. The second kappa shape index (κ2) is 9.75. The number of aryl methyl sites for hydroxylation is 1. The molecule has 3 rings (SSSR count). The van der Waals surface area contributed by atoms with Gasteiger partial charge >= 0.3 is 5.97 Å². The summed E-state index contributed by atoms with van der Waals surface area (Å²) in [7, 11) is 0. The highest BCUT2D eigenvalue weighted by Crippen LogP contribution is 2.26. The van der Waals surface area contributed by atoms with Gasteiger partial charge < -0.3 is 14.7 Å². The molecule has 0 unspecified atom stereocenters. The summed E-state index contributed by atoms with van der Waals surface area (Å²) < 4.78 is 20.4. The normalized spacial score (nSPS) is 17.8. The van der Waals surface area contributed by atoms with Crippen LogP contribution in [0.25, 0.3) is 0 Å². The molecule has 1 N–H and O–H groups in total.